The van der Waals surface area contributed by atoms with Crippen LogP contribution in [0.3, 0.4) is 0 Å². The molecule has 0 fully saturated rings. The summed E-state index contributed by atoms with van der Waals surface area (Å²) in [4.78, 5) is 0. The molecule has 0 saturated carbocycles. The zero-order chi connectivity index (χ0) is 27.9. The molecule has 0 radical (unpaired) electrons. The van der Waals surface area contributed by atoms with Gasteiger partial charge in [0.25, 0.3) is 8.32 Å². The fraction of sp³-hybridized carbons (Fsp3) is 0.189. The molecular formula is C37H40OPSi+. The Morgan fingerprint density at radius 3 is 1.15 bits per heavy atom. The van der Waals surface area contributed by atoms with E-state index in [9.17, 15) is 0 Å². The van der Waals surface area contributed by atoms with E-state index in [4.69, 9.17) is 4.43 Å². The first-order chi connectivity index (χ1) is 19.5. The van der Waals surface area contributed by atoms with Crippen molar-refractivity contribution < 1.29 is 4.43 Å². The molecule has 202 valence electrons. The molecule has 0 amide bonds. The Balaban J connectivity index is 1.54. The van der Waals surface area contributed by atoms with Crippen molar-refractivity contribution in [3.63, 3.8) is 0 Å². The average molecular weight is 560 g/mol. The summed E-state index contributed by atoms with van der Waals surface area (Å²) in [6.07, 6.45) is 2.04. The van der Waals surface area contributed by atoms with Gasteiger partial charge in [-0.2, -0.15) is 0 Å². The van der Waals surface area contributed by atoms with E-state index in [0.717, 1.165) is 19.2 Å². The minimum absolute atomic E-state index is 0.0276. The summed E-state index contributed by atoms with van der Waals surface area (Å²) in [5.74, 6) is 0. The van der Waals surface area contributed by atoms with E-state index < -0.39 is 15.6 Å². The number of benzene rings is 5. The van der Waals surface area contributed by atoms with Crippen molar-refractivity contribution in [1.82, 2.24) is 0 Å². The lowest BCUT2D eigenvalue weighted by Gasteiger charge is -2.43. The second kappa shape index (κ2) is 12.5. The molecule has 0 aromatic heterocycles. The topological polar surface area (TPSA) is 9.23 Å². The van der Waals surface area contributed by atoms with E-state index in [2.05, 4.69) is 172 Å². The predicted octanol–water partition coefficient (Wildman–Crippen LogP) is 6.95. The first-order valence-electron chi connectivity index (χ1n) is 14.3. The molecule has 5 rings (SSSR count). The summed E-state index contributed by atoms with van der Waals surface area (Å²) in [5.41, 5.74) is 0. The first kappa shape index (κ1) is 28.2. The summed E-state index contributed by atoms with van der Waals surface area (Å²) in [5, 5.41) is 6.93. The van der Waals surface area contributed by atoms with Crippen molar-refractivity contribution in [2.45, 2.75) is 32.2 Å². The summed E-state index contributed by atoms with van der Waals surface area (Å²) >= 11 is 0. The van der Waals surface area contributed by atoms with Crippen LogP contribution in [0.15, 0.2) is 152 Å². The van der Waals surface area contributed by atoms with Crippen molar-refractivity contribution in [2.75, 3.05) is 12.8 Å². The maximum atomic E-state index is 7.33. The lowest BCUT2D eigenvalue weighted by atomic mass is 10.2. The largest absolute Gasteiger partial charge is 0.407 e. The van der Waals surface area contributed by atoms with Crippen LogP contribution in [0, 0.1) is 0 Å². The predicted molar refractivity (Wildman–Crippen MR) is 178 cm³/mol. The second-order valence-corrected chi connectivity index (χ2v) is 19.3. The zero-order valence-electron chi connectivity index (χ0n) is 23.9. The highest BCUT2D eigenvalue weighted by atomic mass is 31.2. The van der Waals surface area contributed by atoms with Gasteiger partial charge in [-0.3, -0.25) is 0 Å². The number of hydrogen-bond acceptors (Lipinski definition) is 1. The minimum atomic E-state index is -2.57. The Morgan fingerprint density at radius 2 is 0.825 bits per heavy atom. The van der Waals surface area contributed by atoms with E-state index in [-0.39, 0.29) is 5.04 Å². The third-order valence-electron chi connectivity index (χ3n) is 7.96. The van der Waals surface area contributed by atoms with Crippen LogP contribution in [0.1, 0.15) is 27.2 Å². The Labute approximate surface area is 242 Å². The SMILES string of the molecule is CC(C)(C)[Si](OCCC[P+](c1ccccc1)(c1ccccc1)c1ccccc1)(c1ccccc1)c1ccccc1. The molecule has 0 aliphatic rings. The van der Waals surface area contributed by atoms with Gasteiger partial charge in [0.15, 0.2) is 0 Å². The quantitative estimate of drug-likeness (QED) is 0.102. The molecule has 0 aliphatic heterocycles. The monoisotopic (exact) mass is 559 g/mol. The van der Waals surface area contributed by atoms with Crippen molar-refractivity contribution >= 4 is 41.9 Å². The lowest BCUT2D eigenvalue weighted by Crippen LogP contribution is -2.66. The van der Waals surface area contributed by atoms with Gasteiger partial charge in [0.05, 0.1) is 6.16 Å². The highest BCUT2D eigenvalue weighted by Gasteiger charge is 2.50. The molecule has 5 aromatic rings. The number of rotatable bonds is 10. The van der Waals surface area contributed by atoms with Gasteiger partial charge >= 0.3 is 0 Å². The molecule has 5 aromatic carbocycles. The van der Waals surface area contributed by atoms with Gasteiger partial charge in [-0.1, -0.05) is 136 Å². The summed E-state index contributed by atoms with van der Waals surface area (Å²) < 4.78 is 7.33. The van der Waals surface area contributed by atoms with Gasteiger partial charge in [-0.25, -0.2) is 0 Å². The average Bonchev–Trinajstić information content (AvgIpc) is 3.01. The fourth-order valence-electron chi connectivity index (χ4n) is 6.17. The van der Waals surface area contributed by atoms with Crippen molar-refractivity contribution in [3.05, 3.63) is 152 Å². The molecule has 0 aliphatic carbocycles. The standard InChI is InChI=1S/C37H40OPSi/c1-37(2,3)40(35-26-15-7-16-27-35,36-28-17-8-18-29-36)38-30-19-31-39(32-20-9-4-10-21-32,33-22-11-5-12-23-33)34-24-13-6-14-25-34/h4-18,20-29H,19,30-31H2,1-3H3/q+1. The third-order valence-corrected chi connectivity index (χ3v) is 17.5. The molecule has 3 heteroatoms. The zero-order valence-corrected chi connectivity index (χ0v) is 25.8. The van der Waals surface area contributed by atoms with Gasteiger partial charge in [-0.05, 0) is 51.8 Å². The lowest BCUT2D eigenvalue weighted by molar-refractivity contribution is 0.298. The molecule has 0 saturated heterocycles. The second-order valence-electron chi connectivity index (χ2n) is 11.4. The molecule has 0 N–H and O–H groups in total. The Bertz CT molecular complexity index is 1310. The van der Waals surface area contributed by atoms with Crippen molar-refractivity contribution in [3.8, 4) is 0 Å². The van der Waals surface area contributed by atoms with Gasteiger partial charge in [0.2, 0.25) is 0 Å². The fourth-order valence-corrected chi connectivity index (χ4v) is 15.1. The van der Waals surface area contributed by atoms with Crippen LogP contribution in [-0.2, 0) is 4.43 Å². The van der Waals surface area contributed by atoms with Crippen LogP contribution in [0.5, 0.6) is 0 Å². The summed E-state index contributed by atoms with van der Waals surface area (Å²) in [7, 11) is -4.46. The van der Waals surface area contributed by atoms with Gasteiger partial charge < -0.3 is 4.43 Å². The van der Waals surface area contributed by atoms with Gasteiger partial charge in [-0.15, -0.1) is 0 Å². The van der Waals surface area contributed by atoms with Crippen LogP contribution >= 0.6 is 7.26 Å². The first-order valence-corrected chi connectivity index (χ1v) is 18.2. The number of hydrogen-bond donors (Lipinski definition) is 0. The summed E-state index contributed by atoms with van der Waals surface area (Å²) in [6, 6.07) is 55.4. The molecule has 40 heavy (non-hydrogen) atoms. The van der Waals surface area contributed by atoms with Crippen LogP contribution in [-0.4, -0.2) is 21.1 Å². The van der Waals surface area contributed by atoms with Gasteiger partial charge in [0, 0.05) is 13.0 Å². The Morgan fingerprint density at radius 1 is 0.500 bits per heavy atom. The van der Waals surface area contributed by atoms with E-state index in [1.807, 2.05) is 0 Å². The van der Waals surface area contributed by atoms with Crippen molar-refractivity contribution in [2.24, 2.45) is 0 Å². The Kier molecular flexibility index (Phi) is 8.81. The van der Waals surface area contributed by atoms with Gasteiger partial charge in [0.1, 0.15) is 23.2 Å². The molecule has 0 heterocycles. The molecule has 0 spiro atoms. The van der Waals surface area contributed by atoms with E-state index in [1.54, 1.807) is 0 Å². The smallest absolute Gasteiger partial charge is 0.261 e. The minimum Gasteiger partial charge on any atom is -0.407 e. The van der Waals surface area contributed by atoms with Crippen LogP contribution in [0.25, 0.3) is 0 Å². The van der Waals surface area contributed by atoms with Crippen LogP contribution in [0.4, 0.5) is 0 Å². The summed E-state index contributed by atoms with van der Waals surface area (Å²) in [6.45, 7) is 7.79. The molecule has 0 atom stereocenters. The molecule has 0 bridgehead atoms. The van der Waals surface area contributed by atoms with E-state index >= 15 is 0 Å². The molecular weight excluding hydrogens is 519 g/mol. The maximum Gasteiger partial charge on any atom is 0.261 e. The normalized spacial score (nSPS) is 12.3. The van der Waals surface area contributed by atoms with Crippen molar-refractivity contribution in [1.29, 1.82) is 0 Å². The van der Waals surface area contributed by atoms with Crippen LogP contribution < -0.4 is 26.3 Å². The van der Waals surface area contributed by atoms with Crippen LogP contribution in [0.2, 0.25) is 5.04 Å². The van der Waals surface area contributed by atoms with E-state index in [0.29, 0.717) is 0 Å². The highest BCUT2D eigenvalue weighted by Crippen LogP contribution is 2.55. The van der Waals surface area contributed by atoms with E-state index in [1.165, 1.54) is 26.3 Å². The Hall–Kier alpha value is -3.29. The molecule has 1 nitrogen and oxygen atoms in total. The molecule has 0 unspecified atom stereocenters. The maximum absolute atomic E-state index is 7.33. The highest BCUT2D eigenvalue weighted by molar-refractivity contribution is 7.95. The third kappa shape index (κ3) is 5.50.